The van der Waals surface area contributed by atoms with E-state index >= 15 is 0 Å². The number of aliphatic carboxylic acids is 1. The largest absolute Gasteiger partial charge is 0.478 e. The van der Waals surface area contributed by atoms with Gasteiger partial charge in [0.2, 0.25) is 0 Å². The first-order chi connectivity index (χ1) is 10.3. The molecule has 0 saturated heterocycles. The zero-order valence-electron chi connectivity index (χ0n) is 12.0. The van der Waals surface area contributed by atoms with Crippen LogP contribution in [0.15, 0.2) is 55.0 Å². The number of unbranched alkanes of at least 4 members (excludes halogenated alkanes) is 3. The lowest BCUT2D eigenvalue weighted by molar-refractivity contribution is -0.131. The number of carboxylic acid groups (broad SMARTS) is 1. The van der Waals surface area contributed by atoms with Gasteiger partial charge < -0.3 is 9.51 Å². The number of carboxylic acids is 1. The van der Waals surface area contributed by atoms with Gasteiger partial charge in [-0.25, -0.2) is 9.78 Å². The number of rotatable bonds is 8. The molecule has 21 heavy (non-hydrogen) atoms. The Bertz CT molecular complexity index is 641. The van der Waals surface area contributed by atoms with Gasteiger partial charge in [-0.2, -0.15) is 0 Å². The standard InChI is InChI=1S/C17H20N2O2/c20-17(21)12-7-5-3-1-2-4-6-9-15-10-8-11-16-13-18-14-19(15)16/h3,5,7-8,10-14H,1-2,4,6,9H2,(H,20,21)/b5-3+,12-7+. The Balaban J connectivity index is 1.66. The number of imidazole rings is 1. The molecule has 0 unspecified atom stereocenters. The van der Waals surface area contributed by atoms with E-state index in [4.69, 9.17) is 5.11 Å². The smallest absolute Gasteiger partial charge is 0.328 e. The maximum atomic E-state index is 10.3. The summed E-state index contributed by atoms with van der Waals surface area (Å²) in [5, 5.41) is 8.43. The average Bonchev–Trinajstić information content (AvgIpc) is 2.94. The second-order valence-electron chi connectivity index (χ2n) is 4.93. The van der Waals surface area contributed by atoms with Gasteiger partial charge in [-0.3, -0.25) is 0 Å². The monoisotopic (exact) mass is 284 g/mol. The Labute approximate surface area is 124 Å². The van der Waals surface area contributed by atoms with Crippen LogP contribution >= 0.6 is 0 Å². The summed E-state index contributed by atoms with van der Waals surface area (Å²) in [5.41, 5.74) is 2.44. The van der Waals surface area contributed by atoms with Crippen molar-refractivity contribution in [3.63, 3.8) is 0 Å². The maximum Gasteiger partial charge on any atom is 0.328 e. The third kappa shape index (κ3) is 4.91. The molecule has 110 valence electrons. The molecule has 0 bridgehead atoms. The zero-order chi connectivity index (χ0) is 14.9. The number of pyridine rings is 1. The Morgan fingerprint density at radius 3 is 3.00 bits per heavy atom. The van der Waals surface area contributed by atoms with Crippen LogP contribution in [0.4, 0.5) is 0 Å². The Morgan fingerprint density at radius 1 is 1.24 bits per heavy atom. The summed E-state index contributed by atoms with van der Waals surface area (Å²) in [7, 11) is 0. The van der Waals surface area contributed by atoms with Crippen molar-refractivity contribution < 1.29 is 9.90 Å². The topological polar surface area (TPSA) is 54.6 Å². The number of allylic oxidation sites excluding steroid dienone is 3. The lowest BCUT2D eigenvalue weighted by Gasteiger charge is -2.04. The summed E-state index contributed by atoms with van der Waals surface area (Å²) in [5.74, 6) is -0.909. The van der Waals surface area contributed by atoms with Crippen molar-refractivity contribution in [2.45, 2.75) is 32.1 Å². The lowest BCUT2D eigenvalue weighted by Crippen LogP contribution is -1.95. The first-order valence-electron chi connectivity index (χ1n) is 7.23. The molecule has 2 aromatic heterocycles. The van der Waals surface area contributed by atoms with Crippen LogP contribution in [0.25, 0.3) is 5.52 Å². The second-order valence-corrected chi connectivity index (χ2v) is 4.93. The van der Waals surface area contributed by atoms with E-state index in [0.29, 0.717) is 0 Å². The van der Waals surface area contributed by atoms with Gasteiger partial charge in [-0.05, 0) is 37.8 Å². The van der Waals surface area contributed by atoms with Crippen molar-refractivity contribution in [3.05, 3.63) is 60.7 Å². The molecule has 1 N–H and O–H groups in total. The molecular formula is C17H20N2O2. The van der Waals surface area contributed by atoms with Crippen molar-refractivity contribution >= 4 is 11.5 Å². The number of aromatic nitrogens is 2. The SMILES string of the molecule is O=C(O)/C=C/C=C/CCCCCc1cccc2cncn12. The van der Waals surface area contributed by atoms with Crippen molar-refractivity contribution in [2.24, 2.45) is 0 Å². The van der Waals surface area contributed by atoms with Gasteiger partial charge in [-0.15, -0.1) is 0 Å². The van der Waals surface area contributed by atoms with E-state index in [9.17, 15) is 4.79 Å². The maximum absolute atomic E-state index is 10.3. The highest BCUT2D eigenvalue weighted by molar-refractivity contribution is 5.80. The van der Waals surface area contributed by atoms with E-state index in [-0.39, 0.29) is 0 Å². The van der Waals surface area contributed by atoms with Crippen LogP contribution in [0.1, 0.15) is 31.4 Å². The molecule has 0 aliphatic heterocycles. The van der Waals surface area contributed by atoms with Crippen LogP contribution in [0.3, 0.4) is 0 Å². The molecule has 0 aromatic carbocycles. The predicted molar refractivity (Wildman–Crippen MR) is 83.3 cm³/mol. The minimum absolute atomic E-state index is 0.909. The number of aryl methyl sites for hydroxylation is 1. The number of fused-ring (bicyclic) bond motifs is 1. The van der Waals surface area contributed by atoms with Crippen molar-refractivity contribution in [1.82, 2.24) is 9.38 Å². The van der Waals surface area contributed by atoms with Crippen LogP contribution in [0, 0.1) is 0 Å². The molecular weight excluding hydrogens is 264 g/mol. The predicted octanol–water partition coefficient (Wildman–Crippen LogP) is 3.63. The van der Waals surface area contributed by atoms with Crippen LogP contribution in [0.5, 0.6) is 0 Å². The molecule has 0 fully saturated rings. The summed E-state index contributed by atoms with van der Waals surface area (Å²) in [6, 6.07) is 6.28. The van der Waals surface area contributed by atoms with Gasteiger partial charge >= 0.3 is 5.97 Å². The lowest BCUT2D eigenvalue weighted by atomic mass is 10.1. The van der Waals surface area contributed by atoms with Crippen LogP contribution in [-0.4, -0.2) is 20.5 Å². The fourth-order valence-electron chi connectivity index (χ4n) is 2.27. The van der Waals surface area contributed by atoms with E-state index in [1.54, 1.807) is 12.2 Å². The second kappa shape index (κ2) is 8.04. The molecule has 2 rings (SSSR count). The molecule has 0 aliphatic carbocycles. The van der Waals surface area contributed by atoms with E-state index in [0.717, 1.165) is 43.7 Å². The fourth-order valence-corrected chi connectivity index (χ4v) is 2.27. The fraction of sp³-hybridized carbons (Fsp3) is 0.294. The van der Waals surface area contributed by atoms with Crippen molar-refractivity contribution in [3.8, 4) is 0 Å². The van der Waals surface area contributed by atoms with E-state index in [1.165, 1.54) is 5.69 Å². The quantitative estimate of drug-likeness (QED) is 0.457. The number of nitrogens with zero attached hydrogens (tertiary/aromatic N) is 2. The van der Waals surface area contributed by atoms with Crippen molar-refractivity contribution in [1.29, 1.82) is 0 Å². The third-order valence-electron chi connectivity index (χ3n) is 3.32. The molecule has 0 spiro atoms. The van der Waals surface area contributed by atoms with Gasteiger partial charge in [0.1, 0.15) is 0 Å². The van der Waals surface area contributed by atoms with Gasteiger partial charge in [0.15, 0.2) is 0 Å². The third-order valence-corrected chi connectivity index (χ3v) is 3.32. The Kier molecular flexibility index (Phi) is 5.76. The minimum Gasteiger partial charge on any atom is -0.478 e. The molecule has 0 amide bonds. The van der Waals surface area contributed by atoms with Gasteiger partial charge in [0.05, 0.1) is 18.0 Å². The van der Waals surface area contributed by atoms with Crippen LogP contribution in [0.2, 0.25) is 0 Å². The first kappa shape index (κ1) is 15.0. The number of hydrogen-bond acceptors (Lipinski definition) is 2. The van der Waals surface area contributed by atoms with Crippen LogP contribution in [-0.2, 0) is 11.2 Å². The highest BCUT2D eigenvalue weighted by Crippen LogP contribution is 2.11. The molecule has 4 heteroatoms. The Hall–Kier alpha value is -2.36. The number of carbonyl (C=O) groups is 1. The first-order valence-corrected chi connectivity index (χ1v) is 7.23. The highest BCUT2D eigenvalue weighted by Gasteiger charge is 1.99. The molecule has 2 heterocycles. The molecule has 0 saturated carbocycles. The molecule has 0 radical (unpaired) electrons. The molecule has 0 atom stereocenters. The van der Waals surface area contributed by atoms with Gasteiger partial charge in [0, 0.05) is 11.8 Å². The molecule has 2 aromatic rings. The highest BCUT2D eigenvalue weighted by atomic mass is 16.4. The number of hydrogen-bond donors (Lipinski definition) is 1. The summed E-state index contributed by atoms with van der Waals surface area (Å²) in [6.45, 7) is 0. The minimum atomic E-state index is -0.909. The van der Waals surface area contributed by atoms with Crippen molar-refractivity contribution in [2.75, 3.05) is 0 Å². The summed E-state index contributed by atoms with van der Waals surface area (Å²) in [4.78, 5) is 14.4. The van der Waals surface area contributed by atoms with Gasteiger partial charge in [-0.1, -0.05) is 30.7 Å². The molecule has 4 nitrogen and oxygen atoms in total. The average molecular weight is 284 g/mol. The van der Waals surface area contributed by atoms with E-state index in [1.807, 2.05) is 18.6 Å². The van der Waals surface area contributed by atoms with Crippen LogP contribution < -0.4 is 0 Å². The Morgan fingerprint density at radius 2 is 2.14 bits per heavy atom. The van der Waals surface area contributed by atoms with Gasteiger partial charge in [0.25, 0.3) is 0 Å². The summed E-state index contributed by atoms with van der Waals surface area (Å²) in [6.07, 6.45) is 15.7. The van der Waals surface area contributed by atoms with E-state index in [2.05, 4.69) is 27.6 Å². The zero-order valence-corrected chi connectivity index (χ0v) is 12.0. The summed E-state index contributed by atoms with van der Waals surface area (Å²) >= 11 is 0. The molecule has 0 aliphatic rings. The summed E-state index contributed by atoms with van der Waals surface area (Å²) < 4.78 is 2.14. The normalized spacial score (nSPS) is 11.8. The van der Waals surface area contributed by atoms with E-state index < -0.39 is 5.97 Å².